The highest BCUT2D eigenvalue weighted by Gasteiger charge is 2.18. The molecule has 1 fully saturated rings. The van der Waals surface area contributed by atoms with Crippen LogP contribution >= 0.6 is 0 Å². The quantitative estimate of drug-likeness (QED) is 0.714. The summed E-state index contributed by atoms with van der Waals surface area (Å²) in [5.41, 5.74) is 1.96. The minimum Gasteiger partial charge on any atom is -0.497 e. The molecule has 0 radical (unpaired) electrons. The average molecular weight is 379 g/mol. The zero-order chi connectivity index (χ0) is 19.3. The van der Waals surface area contributed by atoms with Crippen LogP contribution in [0.1, 0.15) is 10.6 Å². The number of nitrogens with one attached hydrogen (secondary N) is 1. The lowest BCUT2D eigenvalue weighted by atomic mass is 10.2. The van der Waals surface area contributed by atoms with Crippen molar-refractivity contribution in [2.24, 2.45) is 0 Å². The Labute approximate surface area is 164 Å². The van der Waals surface area contributed by atoms with Crippen molar-refractivity contribution in [3.05, 3.63) is 60.4 Å². The number of piperazine rings is 1. The van der Waals surface area contributed by atoms with Gasteiger partial charge in [-0.05, 0) is 36.4 Å². The summed E-state index contributed by atoms with van der Waals surface area (Å²) in [6.45, 7) is 5.35. The van der Waals surface area contributed by atoms with E-state index in [-0.39, 0.29) is 5.91 Å². The minimum atomic E-state index is -0.159. The van der Waals surface area contributed by atoms with Crippen LogP contribution in [0.3, 0.4) is 0 Å². The van der Waals surface area contributed by atoms with Gasteiger partial charge in [0.25, 0.3) is 5.91 Å². The fourth-order valence-corrected chi connectivity index (χ4v) is 3.53. The van der Waals surface area contributed by atoms with Gasteiger partial charge in [-0.2, -0.15) is 0 Å². The molecule has 2 heterocycles. The number of carbonyl (C=O) groups is 1. The Kier molecular flexibility index (Phi) is 5.48. The van der Waals surface area contributed by atoms with E-state index in [0.717, 1.165) is 49.4 Å². The van der Waals surface area contributed by atoms with Gasteiger partial charge in [-0.3, -0.25) is 9.69 Å². The monoisotopic (exact) mass is 379 g/mol. The second-order valence-corrected chi connectivity index (χ2v) is 6.93. The van der Waals surface area contributed by atoms with Crippen LogP contribution in [0.5, 0.6) is 5.75 Å². The first-order chi connectivity index (χ1) is 13.7. The Morgan fingerprint density at radius 1 is 1.07 bits per heavy atom. The van der Waals surface area contributed by atoms with Crippen molar-refractivity contribution < 1.29 is 13.9 Å². The third-order valence-corrected chi connectivity index (χ3v) is 5.17. The number of furan rings is 1. The van der Waals surface area contributed by atoms with Crippen molar-refractivity contribution >= 4 is 22.6 Å². The molecule has 146 valence electrons. The second-order valence-electron chi connectivity index (χ2n) is 6.93. The third-order valence-electron chi connectivity index (χ3n) is 5.17. The number of methoxy groups -OCH3 is 1. The van der Waals surface area contributed by atoms with Crippen molar-refractivity contribution in [3.8, 4) is 5.75 Å². The molecule has 1 aromatic heterocycles. The van der Waals surface area contributed by atoms with Crippen LogP contribution in [0, 0.1) is 0 Å². The number of benzene rings is 2. The molecule has 0 aliphatic carbocycles. The molecule has 0 unspecified atom stereocenters. The number of anilines is 1. The summed E-state index contributed by atoms with van der Waals surface area (Å²) in [6.07, 6.45) is 0. The Hall–Kier alpha value is -2.99. The van der Waals surface area contributed by atoms with Gasteiger partial charge in [0, 0.05) is 50.3 Å². The van der Waals surface area contributed by atoms with E-state index in [1.54, 1.807) is 13.2 Å². The van der Waals surface area contributed by atoms with Gasteiger partial charge >= 0.3 is 0 Å². The number of nitrogens with zero attached hydrogens (tertiary/aromatic N) is 2. The second kappa shape index (κ2) is 8.35. The molecular formula is C22H25N3O3. The summed E-state index contributed by atoms with van der Waals surface area (Å²) in [5, 5.41) is 3.91. The predicted octanol–water partition coefficient (Wildman–Crippen LogP) is 2.99. The maximum absolute atomic E-state index is 12.3. The van der Waals surface area contributed by atoms with E-state index in [1.165, 1.54) is 5.69 Å². The van der Waals surface area contributed by atoms with Crippen molar-refractivity contribution in [2.45, 2.75) is 0 Å². The van der Waals surface area contributed by atoms with E-state index in [9.17, 15) is 4.79 Å². The first-order valence-corrected chi connectivity index (χ1v) is 9.61. The molecule has 28 heavy (non-hydrogen) atoms. The van der Waals surface area contributed by atoms with E-state index in [0.29, 0.717) is 12.3 Å². The summed E-state index contributed by atoms with van der Waals surface area (Å²) < 4.78 is 10.8. The number of amides is 1. The van der Waals surface area contributed by atoms with Gasteiger partial charge in [0.05, 0.1) is 7.11 Å². The summed E-state index contributed by atoms with van der Waals surface area (Å²) in [5.74, 6) is 1.08. The number of hydrogen-bond acceptors (Lipinski definition) is 5. The maximum atomic E-state index is 12.3. The summed E-state index contributed by atoms with van der Waals surface area (Å²) in [6, 6.07) is 17.6. The number of carbonyl (C=O) groups excluding carboxylic acids is 1. The summed E-state index contributed by atoms with van der Waals surface area (Å²) >= 11 is 0. The van der Waals surface area contributed by atoms with Gasteiger partial charge in [-0.15, -0.1) is 0 Å². The zero-order valence-corrected chi connectivity index (χ0v) is 16.1. The number of para-hydroxylation sites is 1. The highest BCUT2D eigenvalue weighted by molar-refractivity contribution is 5.96. The van der Waals surface area contributed by atoms with Gasteiger partial charge in [-0.25, -0.2) is 0 Å². The molecule has 0 bridgehead atoms. The van der Waals surface area contributed by atoms with Crippen molar-refractivity contribution in [2.75, 3.05) is 51.3 Å². The lowest BCUT2D eigenvalue weighted by Crippen LogP contribution is -2.48. The van der Waals surface area contributed by atoms with Crippen LogP contribution in [0.4, 0.5) is 5.69 Å². The molecule has 3 aromatic rings. The minimum absolute atomic E-state index is 0.159. The molecule has 0 spiro atoms. The smallest absolute Gasteiger partial charge is 0.287 e. The van der Waals surface area contributed by atoms with E-state index in [2.05, 4.69) is 27.2 Å². The fourth-order valence-electron chi connectivity index (χ4n) is 3.53. The molecule has 0 saturated carbocycles. The van der Waals surface area contributed by atoms with Crippen LogP contribution in [0.15, 0.2) is 59.0 Å². The van der Waals surface area contributed by atoms with Gasteiger partial charge in [-0.1, -0.05) is 18.2 Å². The maximum Gasteiger partial charge on any atom is 0.287 e. The number of rotatable bonds is 6. The van der Waals surface area contributed by atoms with Gasteiger partial charge in [0.1, 0.15) is 11.3 Å². The van der Waals surface area contributed by atoms with Crippen LogP contribution in [0.2, 0.25) is 0 Å². The van der Waals surface area contributed by atoms with E-state index < -0.39 is 0 Å². The Bertz CT molecular complexity index is 895. The van der Waals surface area contributed by atoms with Gasteiger partial charge < -0.3 is 19.4 Å². The Morgan fingerprint density at radius 3 is 2.54 bits per heavy atom. The molecule has 1 aliphatic heterocycles. The van der Waals surface area contributed by atoms with Crippen LogP contribution in [-0.2, 0) is 0 Å². The summed E-state index contributed by atoms with van der Waals surface area (Å²) in [7, 11) is 1.68. The molecule has 4 rings (SSSR count). The Morgan fingerprint density at radius 2 is 1.82 bits per heavy atom. The average Bonchev–Trinajstić information content (AvgIpc) is 3.19. The molecule has 6 heteroatoms. The Balaban J connectivity index is 1.22. The first-order valence-electron chi connectivity index (χ1n) is 9.61. The number of hydrogen-bond donors (Lipinski definition) is 1. The predicted molar refractivity (Wildman–Crippen MR) is 110 cm³/mol. The lowest BCUT2D eigenvalue weighted by molar-refractivity contribution is 0.0922. The number of fused-ring (bicyclic) bond motifs is 1. The molecular weight excluding hydrogens is 354 g/mol. The van der Waals surface area contributed by atoms with Crippen LogP contribution in [-0.4, -0.2) is 57.2 Å². The SMILES string of the molecule is COc1ccc(N2CCN(CCNC(=O)c3cc4ccccc4o3)CC2)cc1. The molecule has 1 aliphatic rings. The number of ether oxygens (including phenoxy) is 1. The van der Waals surface area contributed by atoms with E-state index in [1.807, 2.05) is 36.4 Å². The molecule has 0 atom stereocenters. The highest BCUT2D eigenvalue weighted by Crippen LogP contribution is 2.21. The molecule has 1 N–H and O–H groups in total. The largest absolute Gasteiger partial charge is 0.497 e. The van der Waals surface area contributed by atoms with Crippen LogP contribution in [0.25, 0.3) is 11.0 Å². The topological polar surface area (TPSA) is 58.0 Å². The first kappa shape index (κ1) is 18.4. The molecule has 1 amide bonds. The molecule has 1 saturated heterocycles. The van der Waals surface area contributed by atoms with Crippen LogP contribution < -0.4 is 15.0 Å². The normalized spacial score (nSPS) is 15.0. The third kappa shape index (κ3) is 4.12. The van der Waals surface area contributed by atoms with Crippen molar-refractivity contribution in [1.82, 2.24) is 10.2 Å². The van der Waals surface area contributed by atoms with E-state index in [4.69, 9.17) is 9.15 Å². The van der Waals surface area contributed by atoms with Crippen molar-refractivity contribution in [3.63, 3.8) is 0 Å². The standard InChI is InChI=1S/C22H25N3O3/c1-27-19-8-6-18(7-9-19)25-14-12-24(13-15-25)11-10-23-22(26)21-16-17-4-2-3-5-20(17)28-21/h2-9,16H,10-15H2,1H3,(H,23,26). The van der Waals surface area contributed by atoms with Crippen molar-refractivity contribution in [1.29, 1.82) is 0 Å². The summed E-state index contributed by atoms with van der Waals surface area (Å²) in [4.78, 5) is 17.1. The molecule has 2 aromatic carbocycles. The van der Waals surface area contributed by atoms with E-state index >= 15 is 0 Å². The van der Waals surface area contributed by atoms with Gasteiger partial charge in [0.15, 0.2) is 5.76 Å². The highest BCUT2D eigenvalue weighted by atomic mass is 16.5. The lowest BCUT2D eigenvalue weighted by Gasteiger charge is -2.36. The fraction of sp³-hybridized carbons (Fsp3) is 0.318. The van der Waals surface area contributed by atoms with Gasteiger partial charge in [0.2, 0.25) is 0 Å². The molecule has 6 nitrogen and oxygen atoms in total. The zero-order valence-electron chi connectivity index (χ0n) is 16.1.